The summed E-state index contributed by atoms with van der Waals surface area (Å²) in [5.74, 6) is 0.826. The predicted molar refractivity (Wildman–Crippen MR) is 102 cm³/mol. The fraction of sp³-hybridized carbons (Fsp3) is 0.450. The van der Waals surface area contributed by atoms with E-state index in [1.54, 1.807) is 4.90 Å². The van der Waals surface area contributed by atoms with Crippen LogP contribution in [0.15, 0.2) is 24.4 Å². The van der Waals surface area contributed by atoms with Crippen LogP contribution in [0.4, 0.5) is 5.82 Å². The maximum atomic E-state index is 11.6. The minimum atomic E-state index is 0.108. The number of pyridine rings is 1. The van der Waals surface area contributed by atoms with Gasteiger partial charge in [-0.1, -0.05) is 13.0 Å². The molecule has 1 saturated carbocycles. The molecular weight excluding hydrogens is 328 g/mol. The van der Waals surface area contributed by atoms with Crippen LogP contribution in [0.25, 0.3) is 16.6 Å². The zero-order valence-electron chi connectivity index (χ0n) is 15.0. The number of anilines is 1. The van der Waals surface area contributed by atoms with E-state index in [9.17, 15) is 9.59 Å². The van der Waals surface area contributed by atoms with Crippen LogP contribution in [0.5, 0.6) is 0 Å². The Balaban J connectivity index is 1.64. The van der Waals surface area contributed by atoms with Crippen molar-refractivity contribution in [3.8, 4) is 0 Å². The van der Waals surface area contributed by atoms with Gasteiger partial charge in [0.05, 0.1) is 0 Å². The molecule has 4 rings (SSSR count). The smallest absolute Gasteiger partial charge is 0.219 e. The lowest BCUT2D eigenvalue weighted by Crippen LogP contribution is -2.35. The first-order valence-corrected chi connectivity index (χ1v) is 9.40. The number of aromatic nitrogens is 2. The summed E-state index contributed by atoms with van der Waals surface area (Å²) in [4.78, 5) is 32.7. The number of hydrogen-bond donors (Lipinski definition) is 2. The lowest BCUT2D eigenvalue weighted by molar-refractivity contribution is -0.121. The zero-order chi connectivity index (χ0) is 18.1. The minimum absolute atomic E-state index is 0.108. The molecule has 26 heavy (non-hydrogen) atoms. The maximum Gasteiger partial charge on any atom is 0.219 e. The number of fused-ring (bicyclic) bond motifs is 1. The van der Waals surface area contributed by atoms with Crippen molar-refractivity contribution in [3.63, 3.8) is 0 Å². The highest BCUT2D eigenvalue weighted by Crippen LogP contribution is 2.36. The van der Waals surface area contributed by atoms with Crippen molar-refractivity contribution in [1.29, 1.82) is 0 Å². The normalized spacial score (nSPS) is 19.9. The minimum Gasteiger partial charge on any atom is -0.353 e. The number of rotatable bonds is 6. The van der Waals surface area contributed by atoms with Gasteiger partial charge in [0.25, 0.3) is 0 Å². The Kier molecular flexibility index (Phi) is 4.49. The molecule has 2 aromatic rings. The first kappa shape index (κ1) is 16.8. The molecule has 0 spiro atoms. The van der Waals surface area contributed by atoms with E-state index in [0.29, 0.717) is 6.42 Å². The average Bonchev–Trinajstić information content (AvgIpc) is 3.38. The van der Waals surface area contributed by atoms with E-state index in [-0.39, 0.29) is 18.0 Å². The van der Waals surface area contributed by atoms with E-state index >= 15 is 0 Å². The Labute approximate surface area is 152 Å². The van der Waals surface area contributed by atoms with Crippen LogP contribution in [0.1, 0.15) is 51.0 Å². The first-order valence-electron chi connectivity index (χ1n) is 9.40. The number of nitrogens with one attached hydrogen (secondary N) is 2. The van der Waals surface area contributed by atoms with E-state index in [2.05, 4.69) is 21.4 Å². The third kappa shape index (κ3) is 3.23. The van der Waals surface area contributed by atoms with E-state index in [4.69, 9.17) is 0 Å². The highest BCUT2D eigenvalue weighted by atomic mass is 16.1. The summed E-state index contributed by atoms with van der Waals surface area (Å²) in [5.41, 5.74) is 3.22. The van der Waals surface area contributed by atoms with Crippen molar-refractivity contribution in [3.05, 3.63) is 30.0 Å². The Hall–Kier alpha value is -2.63. The highest BCUT2D eigenvalue weighted by Gasteiger charge is 2.30. The molecule has 0 aromatic carbocycles. The second kappa shape index (κ2) is 6.94. The van der Waals surface area contributed by atoms with Crippen molar-refractivity contribution in [2.45, 2.75) is 57.5 Å². The van der Waals surface area contributed by atoms with E-state index in [1.165, 1.54) is 5.57 Å². The van der Waals surface area contributed by atoms with Gasteiger partial charge in [-0.25, -0.2) is 4.98 Å². The lowest BCUT2D eigenvalue weighted by Gasteiger charge is -2.24. The van der Waals surface area contributed by atoms with Gasteiger partial charge in [-0.3, -0.25) is 14.5 Å². The van der Waals surface area contributed by atoms with Crippen LogP contribution in [0.2, 0.25) is 0 Å². The molecule has 6 heteroatoms. The summed E-state index contributed by atoms with van der Waals surface area (Å²) >= 11 is 0. The van der Waals surface area contributed by atoms with Crippen LogP contribution in [-0.4, -0.2) is 34.4 Å². The number of hydrogen-bond acceptors (Lipinski definition) is 3. The van der Waals surface area contributed by atoms with Crippen LogP contribution in [-0.2, 0) is 9.59 Å². The summed E-state index contributed by atoms with van der Waals surface area (Å²) < 4.78 is 0. The Morgan fingerprint density at radius 1 is 1.42 bits per heavy atom. The molecule has 0 saturated heterocycles. The molecule has 136 valence electrons. The van der Waals surface area contributed by atoms with Gasteiger partial charge in [-0.2, -0.15) is 0 Å². The maximum absolute atomic E-state index is 11.6. The molecule has 2 aromatic heterocycles. The molecule has 2 N–H and O–H groups in total. The molecule has 0 aliphatic heterocycles. The topological polar surface area (TPSA) is 78.1 Å². The standard InChI is InChI=1S/C20H24N4O2/c1-2-19(26)22-14-5-3-13(4-6-14)17-11-18(24(12-25)15-7-8-15)23-20-16(17)9-10-21-20/h3,9-12,14-15H,2,4-8H2,1H3,(H,21,23)(H,22,26). The lowest BCUT2D eigenvalue weighted by atomic mass is 9.89. The molecule has 2 amide bonds. The highest BCUT2D eigenvalue weighted by molar-refractivity contribution is 5.93. The predicted octanol–water partition coefficient (Wildman–Crippen LogP) is 3.15. The quantitative estimate of drug-likeness (QED) is 0.784. The number of nitrogens with zero attached hydrogens (tertiary/aromatic N) is 2. The summed E-state index contributed by atoms with van der Waals surface area (Å²) in [6.45, 7) is 1.87. The fourth-order valence-corrected chi connectivity index (χ4v) is 3.64. The number of carbonyl (C=O) groups excluding carboxylic acids is 2. The first-order chi connectivity index (χ1) is 12.7. The van der Waals surface area contributed by atoms with Gasteiger partial charge >= 0.3 is 0 Å². The molecule has 2 aliphatic rings. The molecule has 1 atom stereocenters. The number of amides is 2. The molecule has 1 fully saturated rings. The van der Waals surface area contributed by atoms with Gasteiger partial charge in [0.1, 0.15) is 11.5 Å². The van der Waals surface area contributed by atoms with Crippen LogP contribution in [0, 0.1) is 0 Å². The van der Waals surface area contributed by atoms with Gasteiger partial charge in [-0.05, 0) is 55.4 Å². The average molecular weight is 352 g/mol. The van der Waals surface area contributed by atoms with E-state index in [0.717, 1.165) is 60.9 Å². The summed E-state index contributed by atoms with van der Waals surface area (Å²) in [6.07, 6.45) is 10.3. The fourth-order valence-electron chi connectivity index (χ4n) is 3.64. The largest absolute Gasteiger partial charge is 0.353 e. The van der Waals surface area contributed by atoms with Gasteiger partial charge in [0.2, 0.25) is 12.3 Å². The zero-order valence-corrected chi connectivity index (χ0v) is 15.0. The molecular formula is C20H24N4O2. The second-order valence-corrected chi connectivity index (χ2v) is 7.13. The molecule has 2 heterocycles. The van der Waals surface area contributed by atoms with Crippen molar-refractivity contribution in [1.82, 2.24) is 15.3 Å². The second-order valence-electron chi connectivity index (χ2n) is 7.13. The molecule has 2 aliphatic carbocycles. The molecule has 6 nitrogen and oxygen atoms in total. The van der Waals surface area contributed by atoms with Gasteiger partial charge < -0.3 is 10.3 Å². The van der Waals surface area contributed by atoms with Crippen LogP contribution >= 0.6 is 0 Å². The van der Waals surface area contributed by atoms with E-state index < -0.39 is 0 Å². The third-order valence-electron chi connectivity index (χ3n) is 5.28. The Bertz CT molecular complexity index is 866. The van der Waals surface area contributed by atoms with Crippen LogP contribution in [0.3, 0.4) is 0 Å². The van der Waals surface area contributed by atoms with Gasteiger partial charge in [0, 0.05) is 30.1 Å². The van der Waals surface area contributed by atoms with E-state index in [1.807, 2.05) is 25.3 Å². The van der Waals surface area contributed by atoms with Crippen molar-refractivity contribution in [2.75, 3.05) is 4.90 Å². The number of H-pyrrole nitrogens is 1. The Morgan fingerprint density at radius 3 is 2.92 bits per heavy atom. The molecule has 0 bridgehead atoms. The number of carbonyl (C=O) groups is 2. The van der Waals surface area contributed by atoms with Gasteiger partial charge in [0.15, 0.2) is 0 Å². The van der Waals surface area contributed by atoms with Crippen molar-refractivity contribution < 1.29 is 9.59 Å². The van der Waals surface area contributed by atoms with Crippen molar-refractivity contribution in [2.24, 2.45) is 0 Å². The molecule has 0 radical (unpaired) electrons. The number of allylic oxidation sites excluding steroid dienone is 1. The monoisotopic (exact) mass is 352 g/mol. The number of aromatic amines is 1. The van der Waals surface area contributed by atoms with Crippen LogP contribution < -0.4 is 10.2 Å². The molecule has 1 unspecified atom stereocenters. The third-order valence-corrected chi connectivity index (χ3v) is 5.28. The van der Waals surface area contributed by atoms with Crippen molar-refractivity contribution >= 4 is 34.7 Å². The Morgan fingerprint density at radius 2 is 2.27 bits per heavy atom. The summed E-state index contributed by atoms with van der Waals surface area (Å²) in [7, 11) is 0. The summed E-state index contributed by atoms with van der Waals surface area (Å²) in [5, 5.41) is 4.16. The summed E-state index contributed by atoms with van der Waals surface area (Å²) in [6, 6.07) is 4.58. The van der Waals surface area contributed by atoms with Gasteiger partial charge in [-0.15, -0.1) is 0 Å². The SMILES string of the molecule is CCC(=O)NC1CC=C(c2cc(N(C=O)C3CC3)nc3[nH]ccc23)CC1.